The number of ether oxygens (including phenoxy) is 3. The van der Waals surface area contributed by atoms with Gasteiger partial charge in [0.2, 0.25) is 0 Å². The summed E-state index contributed by atoms with van der Waals surface area (Å²) in [6, 6.07) is 7.32. The lowest BCUT2D eigenvalue weighted by molar-refractivity contribution is 0.0522. The molecule has 1 N–H and O–H groups in total. The Morgan fingerprint density at radius 1 is 1.21 bits per heavy atom. The fourth-order valence-electron chi connectivity index (χ4n) is 2.28. The molecule has 0 saturated heterocycles. The minimum absolute atomic E-state index is 0.0844. The predicted octanol–water partition coefficient (Wildman–Crippen LogP) is 3.99. The topological polar surface area (TPSA) is 73.9 Å². The summed E-state index contributed by atoms with van der Waals surface area (Å²) < 4.78 is 15.2. The molecule has 132 valence electrons. The Morgan fingerprint density at radius 2 is 1.88 bits per heavy atom. The van der Waals surface area contributed by atoms with E-state index in [9.17, 15) is 9.59 Å². The van der Waals surface area contributed by atoms with Crippen LogP contribution in [0.2, 0.25) is 0 Å². The van der Waals surface area contributed by atoms with Gasteiger partial charge in [-0.05, 0) is 51.3 Å². The molecule has 0 aliphatic heterocycles. The molecule has 0 spiro atoms. The zero-order chi connectivity index (χ0) is 17.7. The molecule has 24 heavy (non-hydrogen) atoms. The molecule has 0 bridgehead atoms. The summed E-state index contributed by atoms with van der Waals surface area (Å²) in [5.41, 5.74) is 0.588. The monoisotopic (exact) mass is 335 g/mol. The van der Waals surface area contributed by atoms with Crippen LogP contribution in [-0.2, 0) is 9.47 Å². The second-order valence-corrected chi connectivity index (χ2v) is 6.86. The Hall–Kier alpha value is -2.24. The van der Waals surface area contributed by atoms with E-state index in [-0.39, 0.29) is 12.0 Å². The summed E-state index contributed by atoms with van der Waals surface area (Å²) in [7, 11) is 0. The summed E-state index contributed by atoms with van der Waals surface area (Å²) in [5, 5.41) is 2.86. The molecule has 1 amide bonds. The Labute approximate surface area is 142 Å². The lowest BCUT2D eigenvalue weighted by Crippen LogP contribution is -2.34. The van der Waals surface area contributed by atoms with E-state index in [1.165, 1.54) is 0 Å². The smallest absolute Gasteiger partial charge is 0.444 e. The van der Waals surface area contributed by atoms with E-state index in [1.807, 2.05) is 39.8 Å². The van der Waals surface area contributed by atoms with Gasteiger partial charge in [-0.25, -0.2) is 9.59 Å². The average molecular weight is 335 g/mol. The van der Waals surface area contributed by atoms with Crippen LogP contribution in [0.3, 0.4) is 0 Å². The van der Waals surface area contributed by atoms with Gasteiger partial charge in [-0.15, -0.1) is 0 Å². The molecule has 1 saturated carbocycles. The maximum Gasteiger partial charge on any atom is 0.513 e. The Kier molecular flexibility index (Phi) is 5.70. The van der Waals surface area contributed by atoms with Crippen molar-refractivity contribution in [2.45, 2.75) is 58.1 Å². The third-order valence-corrected chi connectivity index (χ3v) is 3.43. The summed E-state index contributed by atoms with van der Waals surface area (Å²) >= 11 is 0. The SMILES string of the molecule is CCCOC(=O)Oc1ccc(C2CC2NC(=O)OC(C)(C)C)cc1. The van der Waals surface area contributed by atoms with Crippen LogP contribution in [-0.4, -0.2) is 30.5 Å². The first-order chi connectivity index (χ1) is 11.3. The zero-order valence-electron chi connectivity index (χ0n) is 14.6. The van der Waals surface area contributed by atoms with Crippen molar-refractivity contribution in [3.05, 3.63) is 29.8 Å². The first-order valence-corrected chi connectivity index (χ1v) is 8.22. The summed E-state index contributed by atoms with van der Waals surface area (Å²) in [6.07, 6.45) is 0.536. The van der Waals surface area contributed by atoms with E-state index in [2.05, 4.69) is 5.32 Å². The molecule has 1 fully saturated rings. The van der Waals surface area contributed by atoms with Crippen LogP contribution < -0.4 is 10.1 Å². The molecule has 0 radical (unpaired) electrons. The predicted molar refractivity (Wildman–Crippen MR) is 89.2 cm³/mol. The number of alkyl carbamates (subject to hydrolysis) is 1. The summed E-state index contributed by atoms with van der Waals surface area (Å²) in [6.45, 7) is 7.76. The first kappa shape index (κ1) is 18.1. The molecule has 1 aliphatic carbocycles. The van der Waals surface area contributed by atoms with Crippen LogP contribution in [0.15, 0.2) is 24.3 Å². The number of hydrogen-bond donors (Lipinski definition) is 1. The number of hydrogen-bond acceptors (Lipinski definition) is 5. The van der Waals surface area contributed by atoms with E-state index in [0.29, 0.717) is 12.4 Å². The first-order valence-electron chi connectivity index (χ1n) is 8.22. The Bertz CT molecular complexity index is 576. The van der Waals surface area contributed by atoms with E-state index in [0.717, 1.165) is 18.4 Å². The Morgan fingerprint density at radius 3 is 2.46 bits per heavy atom. The molecule has 2 rings (SSSR count). The van der Waals surface area contributed by atoms with Gasteiger partial charge in [0.25, 0.3) is 0 Å². The van der Waals surface area contributed by atoms with Crippen LogP contribution in [0.4, 0.5) is 9.59 Å². The lowest BCUT2D eigenvalue weighted by Gasteiger charge is -2.19. The summed E-state index contributed by atoms with van der Waals surface area (Å²) in [4.78, 5) is 23.1. The maximum atomic E-state index is 11.7. The second-order valence-electron chi connectivity index (χ2n) is 6.86. The van der Waals surface area contributed by atoms with Gasteiger partial charge in [0.1, 0.15) is 11.4 Å². The highest BCUT2D eigenvalue weighted by molar-refractivity contribution is 5.69. The molecule has 6 nitrogen and oxygen atoms in total. The van der Waals surface area contributed by atoms with Gasteiger partial charge in [0.05, 0.1) is 6.61 Å². The Balaban J connectivity index is 1.80. The highest BCUT2D eigenvalue weighted by Crippen LogP contribution is 2.41. The highest BCUT2D eigenvalue weighted by Gasteiger charge is 2.40. The second kappa shape index (κ2) is 7.55. The van der Waals surface area contributed by atoms with Gasteiger partial charge >= 0.3 is 12.2 Å². The molecular weight excluding hydrogens is 310 g/mol. The largest absolute Gasteiger partial charge is 0.513 e. The van der Waals surface area contributed by atoms with Crippen LogP contribution in [0.1, 0.15) is 52.0 Å². The minimum atomic E-state index is -0.694. The molecule has 0 aromatic heterocycles. The number of carbonyl (C=O) groups excluding carboxylic acids is 2. The molecular formula is C18H25NO5. The van der Waals surface area contributed by atoms with Crippen molar-refractivity contribution in [3.63, 3.8) is 0 Å². The molecule has 1 aromatic carbocycles. The van der Waals surface area contributed by atoms with Crippen LogP contribution in [0.5, 0.6) is 5.75 Å². The van der Waals surface area contributed by atoms with Crippen molar-refractivity contribution in [1.29, 1.82) is 0 Å². The quantitative estimate of drug-likeness (QED) is 0.650. The van der Waals surface area contributed by atoms with Gasteiger partial charge in [-0.1, -0.05) is 19.1 Å². The average Bonchev–Trinajstić information content (AvgIpc) is 3.23. The van der Waals surface area contributed by atoms with Crippen molar-refractivity contribution in [2.75, 3.05) is 6.61 Å². The van der Waals surface area contributed by atoms with Crippen LogP contribution in [0, 0.1) is 0 Å². The molecule has 6 heteroatoms. The van der Waals surface area contributed by atoms with Gasteiger partial charge in [0.15, 0.2) is 0 Å². The van der Waals surface area contributed by atoms with Crippen molar-refractivity contribution in [2.24, 2.45) is 0 Å². The van der Waals surface area contributed by atoms with Crippen molar-refractivity contribution < 1.29 is 23.8 Å². The maximum absolute atomic E-state index is 11.7. The molecule has 0 heterocycles. The van der Waals surface area contributed by atoms with Gasteiger partial charge in [0, 0.05) is 12.0 Å². The third-order valence-electron chi connectivity index (χ3n) is 3.43. The number of benzene rings is 1. The molecule has 2 unspecified atom stereocenters. The standard InChI is InChI=1S/C18H25NO5/c1-5-10-22-17(21)23-13-8-6-12(7-9-13)14-11-15(14)19-16(20)24-18(2,3)4/h6-9,14-15H,5,10-11H2,1-4H3,(H,19,20). The van der Waals surface area contributed by atoms with Crippen molar-refractivity contribution in [3.8, 4) is 5.75 Å². The third kappa shape index (κ3) is 5.76. The molecule has 1 aliphatic rings. The van der Waals surface area contributed by atoms with Crippen LogP contribution >= 0.6 is 0 Å². The minimum Gasteiger partial charge on any atom is -0.444 e. The van der Waals surface area contributed by atoms with Gasteiger partial charge in [-0.2, -0.15) is 0 Å². The number of amides is 1. The van der Waals surface area contributed by atoms with E-state index < -0.39 is 17.8 Å². The van der Waals surface area contributed by atoms with E-state index in [4.69, 9.17) is 14.2 Å². The van der Waals surface area contributed by atoms with Gasteiger partial charge < -0.3 is 19.5 Å². The van der Waals surface area contributed by atoms with Crippen molar-refractivity contribution >= 4 is 12.2 Å². The molecule has 2 atom stereocenters. The van der Waals surface area contributed by atoms with Crippen molar-refractivity contribution in [1.82, 2.24) is 5.32 Å². The van der Waals surface area contributed by atoms with E-state index in [1.54, 1.807) is 12.1 Å². The number of carbonyl (C=O) groups is 2. The number of rotatable bonds is 5. The summed E-state index contributed by atoms with van der Waals surface area (Å²) in [5.74, 6) is 0.704. The van der Waals surface area contributed by atoms with E-state index >= 15 is 0 Å². The normalized spacial score (nSPS) is 19.3. The van der Waals surface area contributed by atoms with Crippen LogP contribution in [0.25, 0.3) is 0 Å². The zero-order valence-corrected chi connectivity index (χ0v) is 14.6. The fourth-order valence-corrected chi connectivity index (χ4v) is 2.28. The lowest BCUT2D eigenvalue weighted by atomic mass is 10.1. The van der Waals surface area contributed by atoms with Gasteiger partial charge in [-0.3, -0.25) is 0 Å². The molecule has 1 aromatic rings. The number of nitrogens with one attached hydrogen (secondary N) is 1. The fraction of sp³-hybridized carbons (Fsp3) is 0.556. The highest BCUT2D eigenvalue weighted by atomic mass is 16.7.